The highest BCUT2D eigenvalue weighted by Crippen LogP contribution is 2.22. The molecule has 7 heteroatoms. The van der Waals surface area contributed by atoms with E-state index in [1.807, 2.05) is 0 Å². The summed E-state index contributed by atoms with van der Waals surface area (Å²) in [5.74, 6) is -0.574. The standard InChI is InChI=1S/C12H14F3NO3/c13-12(14,15)19-10-4-2-9(3-5-10)8-11(18)16-6-1-7-17/h2-5,17H,1,6-8H2,(H,16,18). The van der Waals surface area contributed by atoms with Crippen LogP contribution in [0.25, 0.3) is 0 Å². The summed E-state index contributed by atoms with van der Waals surface area (Å²) in [6, 6.07) is 5.10. The smallest absolute Gasteiger partial charge is 0.406 e. The van der Waals surface area contributed by atoms with Crippen molar-refractivity contribution in [1.82, 2.24) is 5.32 Å². The van der Waals surface area contributed by atoms with Crippen molar-refractivity contribution in [2.75, 3.05) is 13.2 Å². The van der Waals surface area contributed by atoms with Crippen molar-refractivity contribution >= 4 is 5.91 Å². The fourth-order valence-corrected chi connectivity index (χ4v) is 1.36. The molecule has 1 aromatic rings. The van der Waals surface area contributed by atoms with Gasteiger partial charge in [0.2, 0.25) is 5.91 Å². The number of hydrogen-bond acceptors (Lipinski definition) is 3. The summed E-state index contributed by atoms with van der Waals surface area (Å²) in [6.07, 6.45) is -4.19. The molecule has 0 aliphatic rings. The second kappa shape index (κ2) is 6.98. The predicted molar refractivity (Wildman–Crippen MR) is 61.5 cm³/mol. The van der Waals surface area contributed by atoms with Crippen molar-refractivity contribution in [3.63, 3.8) is 0 Å². The number of carbonyl (C=O) groups is 1. The summed E-state index contributed by atoms with van der Waals surface area (Å²) in [7, 11) is 0. The lowest BCUT2D eigenvalue weighted by Gasteiger charge is -2.09. The summed E-state index contributed by atoms with van der Waals surface area (Å²) < 4.78 is 39.5. The Morgan fingerprint density at radius 1 is 1.26 bits per heavy atom. The Balaban J connectivity index is 2.46. The average Bonchev–Trinajstić information content (AvgIpc) is 2.30. The van der Waals surface area contributed by atoms with E-state index >= 15 is 0 Å². The van der Waals surface area contributed by atoms with Gasteiger partial charge < -0.3 is 15.2 Å². The second-order valence-electron chi connectivity index (χ2n) is 3.80. The predicted octanol–water partition coefficient (Wildman–Crippen LogP) is 1.63. The van der Waals surface area contributed by atoms with E-state index in [1.165, 1.54) is 12.1 Å². The number of alkyl halides is 3. The Morgan fingerprint density at radius 3 is 2.42 bits per heavy atom. The Labute approximate surface area is 108 Å². The van der Waals surface area contributed by atoms with E-state index in [4.69, 9.17) is 5.11 Å². The van der Waals surface area contributed by atoms with Crippen LogP contribution in [0.15, 0.2) is 24.3 Å². The minimum Gasteiger partial charge on any atom is -0.406 e. The van der Waals surface area contributed by atoms with Gasteiger partial charge in [0.1, 0.15) is 5.75 Å². The number of halogens is 3. The first-order valence-corrected chi connectivity index (χ1v) is 5.63. The molecule has 0 unspecified atom stereocenters. The fourth-order valence-electron chi connectivity index (χ4n) is 1.36. The van der Waals surface area contributed by atoms with Gasteiger partial charge in [0.15, 0.2) is 0 Å². The van der Waals surface area contributed by atoms with Gasteiger partial charge in [-0.1, -0.05) is 12.1 Å². The number of aliphatic hydroxyl groups excluding tert-OH is 1. The van der Waals surface area contributed by atoms with Crippen molar-refractivity contribution in [3.8, 4) is 5.75 Å². The normalized spacial score (nSPS) is 11.2. The number of nitrogens with one attached hydrogen (secondary N) is 1. The van der Waals surface area contributed by atoms with E-state index < -0.39 is 6.36 Å². The topological polar surface area (TPSA) is 58.6 Å². The number of benzene rings is 1. The zero-order valence-electron chi connectivity index (χ0n) is 10.0. The number of aliphatic hydroxyl groups is 1. The third kappa shape index (κ3) is 6.66. The number of rotatable bonds is 6. The summed E-state index contributed by atoms with van der Waals surface area (Å²) in [4.78, 5) is 11.4. The van der Waals surface area contributed by atoms with Gasteiger partial charge in [-0.05, 0) is 24.1 Å². The lowest BCUT2D eigenvalue weighted by Crippen LogP contribution is -2.26. The van der Waals surface area contributed by atoms with Crippen LogP contribution in [0.4, 0.5) is 13.2 Å². The molecular formula is C12H14F3NO3. The molecule has 0 radical (unpaired) electrons. The fraction of sp³-hybridized carbons (Fsp3) is 0.417. The maximum absolute atomic E-state index is 11.9. The lowest BCUT2D eigenvalue weighted by molar-refractivity contribution is -0.274. The highest BCUT2D eigenvalue weighted by molar-refractivity contribution is 5.78. The van der Waals surface area contributed by atoms with Crippen molar-refractivity contribution in [2.45, 2.75) is 19.2 Å². The first-order valence-electron chi connectivity index (χ1n) is 5.63. The van der Waals surface area contributed by atoms with Gasteiger partial charge in [0, 0.05) is 13.2 Å². The van der Waals surface area contributed by atoms with Gasteiger partial charge >= 0.3 is 6.36 Å². The third-order valence-electron chi connectivity index (χ3n) is 2.18. The third-order valence-corrected chi connectivity index (χ3v) is 2.18. The Kier molecular flexibility index (Phi) is 5.62. The number of carbonyl (C=O) groups excluding carboxylic acids is 1. The highest BCUT2D eigenvalue weighted by atomic mass is 19.4. The molecule has 0 aliphatic carbocycles. The average molecular weight is 277 g/mol. The molecule has 0 spiro atoms. The Morgan fingerprint density at radius 2 is 1.89 bits per heavy atom. The van der Waals surface area contributed by atoms with Crippen LogP contribution < -0.4 is 10.1 Å². The van der Waals surface area contributed by atoms with Crippen molar-refractivity contribution in [1.29, 1.82) is 0 Å². The molecule has 2 N–H and O–H groups in total. The van der Waals surface area contributed by atoms with E-state index in [9.17, 15) is 18.0 Å². The van der Waals surface area contributed by atoms with E-state index in [0.717, 1.165) is 12.1 Å². The molecule has 1 amide bonds. The molecule has 0 bridgehead atoms. The first kappa shape index (κ1) is 15.3. The van der Waals surface area contributed by atoms with Crippen LogP contribution >= 0.6 is 0 Å². The summed E-state index contributed by atoms with van der Waals surface area (Å²) in [5, 5.41) is 11.1. The lowest BCUT2D eigenvalue weighted by atomic mass is 10.1. The summed E-state index contributed by atoms with van der Waals surface area (Å²) in [5.41, 5.74) is 0.580. The van der Waals surface area contributed by atoms with Crippen LogP contribution in [0, 0.1) is 0 Å². The van der Waals surface area contributed by atoms with Gasteiger partial charge in [0.05, 0.1) is 6.42 Å². The first-order chi connectivity index (χ1) is 8.90. The number of amides is 1. The van der Waals surface area contributed by atoms with Crippen molar-refractivity contribution < 1.29 is 27.8 Å². The second-order valence-corrected chi connectivity index (χ2v) is 3.80. The molecule has 19 heavy (non-hydrogen) atoms. The molecule has 0 saturated carbocycles. The quantitative estimate of drug-likeness (QED) is 0.777. The molecule has 1 rings (SSSR count). The Bertz CT molecular complexity index is 404. The minimum atomic E-state index is -4.72. The van der Waals surface area contributed by atoms with Gasteiger partial charge in [-0.25, -0.2) is 0 Å². The molecule has 1 aromatic carbocycles. The van der Waals surface area contributed by atoms with Gasteiger partial charge in [-0.3, -0.25) is 4.79 Å². The van der Waals surface area contributed by atoms with Crippen molar-refractivity contribution in [3.05, 3.63) is 29.8 Å². The summed E-state index contributed by atoms with van der Waals surface area (Å²) >= 11 is 0. The molecule has 0 fully saturated rings. The van der Waals surface area contributed by atoms with Gasteiger partial charge in [-0.15, -0.1) is 13.2 Å². The van der Waals surface area contributed by atoms with E-state index in [0.29, 0.717) is 18.5 Å². The zero-order chi connectivity index (χ0) is 14.3. The highest BCUT2D eigenvalue weighted by Gasteiger charge is 2.30. The Hall–Kier alpha value is -1.76. The molecule has 0 saturated heterocycles. The molecular weight excluding hydrogens is 263 g/mol. The SMILES string of the molecule is O=C(Cc1ccc(OC(F)(F)F)cc1)NCCCO. The molecule has 0 aliphatic heterocycles. The molecule has 106 valence electrons. The maximum Gasteiger partial charge on any atom is 0.573 e. The summed E-state index contributed by atoms with van der Waals surface area (Å²) in [6.45, 7) is 0.356. The monoisotopic (exact) mass is 277 g/mol. The minimum absolute atomic E-state index is 0.0102. The zero-order valence-corrected chi connectivity index (χ0v) is 10.0. The van der Waals surface area contributed by atoms with Crippen LogP contribution in [0.1, 0.15) is 12.0 Å². The van der Waals surface area contributed by atoms with Crippen molar-refractivity contribution in [2.24, 2.45) is 0 Å². The van der Waals surface area contributed by atoms with E-state index in [2.05, 4.69) is 10.1 Å². The van der Waals surface area contributed by atoms with Crippen LogP contribution in [0.5, 0.6) is 5.75 Å². The molecule has 0 aromatic heterocycles. The number of ether oxygens (including phenoxy) is 1. The molecule has 0 heterocycles. The van der Waals surface area contributed by atoms with Crippen LogP contribution in [0.3, 0.4) is 0 Å². The van der Waals surface area contributed by atoms with Crippen LogP contribution in [-0.4, -0.2) is 30.5 Å². The van der Waals surface area contributed by atoms with E-state index in [-0.39, 0.29) is 24.7 Å². The van der Waals surface area contributed by atoms with Gasteiger partial charge in [0.25, 0.3) is 0 Å². The van der Waals surface area contributed by atoms with E-state index in [1.54, 1.807) is 0 Å². The van der Waals surface area contributed by atoms with Crippen LogP contribution in [-0.2, 0) is 11.2 Å². The van der Waals surface area contributed by atoms with Crippen LogP contribution in [0.2, 0.25) is 0 Å². The molecule has 0 atom stereocenters. The molecule has 4 nitrogen and oxygen atoms in total. The number of hydrogen-bond donors (Lipinski definition) is 2. The maximum atomic E-state index is 11.9. The largest absolute Gasteiger partial charge is 0.573 e. The van der Waals surface area contributed by atoms with Gasteiger partial charge in [-0.2, -0.15) is 0 Å².